The first-order valence-electron chi connectivity index (χ1n) is 8.04. The summed E-state index contributed by atoms with van der Waals surface area (Å²) in [6.07, 6.45) is 0. The first-order valence-corrected chi connectivity index (χ1v) is 8.04. The first kappa shape index (κ1) is 22.6. The third-order valence-electron chi connectivity index (χ3n) is 3.54. The zero-order valence-corrected chi connectivity index (χ0v) is 17.4. The van der Waals surface area contributed by atoms with E-state index in [4.69, 9.17) is 5.73 Å². The van der Waals surface area contributed by atoms with Gasteiger partial charge in [0.2, 0.25) is 0 Å². The number of guanidine groups is 1. The van der Waals surface area contributed by atoms with Gasteiger partial charge in [0.15, 0.2) is 5.96 Å². The number of nitrogens with one attached hydrogen (secondary N) is 1. The fraction of sp³-hybridized carbons (Fsp3) is 0.529. The molecule has 1 rings (SSSR count). The Kier molecular flexibility index (Phi) is 11.4. The molecule has 0 bridgehead atoms. The van der Waals surface area contributed by atoms with E-state index in [1.807, 2.05) is 62.0 Å². The molecule has 0 unspecified atom stereocenters. The van der Waals surface area contributed by atoms with Crippen LogP contribution < -0.4 is 11.1 Å². The van der Waals surface area contributed by atoms with Gasteiger partial charge in [0.1, 0.15) is 0 Å². The molecule has 24 heavy (non-hydrogen) atoms. The molecule has 0 aromatic heterocycles. The number of rotatable bonds is 8. The summed E-state index contributed by atoms with van der Waals surface area (Å²) in [5.41, 5.74) is 7.59. The van der Waals surface area contributed by atoms with Crippen molar-refractivity contribution in [2.75, 3.05) is 40.3 Å². The topological polar surface area (TPSA) is 74.0 Å². The molecule has 1 amide bonds. The standard InChI is InChI=1S/C17H29N5O.HI/c1-5-22(6-2)17(18)20-13-14-8-7-9-15(12-14)16(23)19-10-11-21(3)4;/h7-9,12H,5-6,10-11,13H2,1-4H3,(H2,18,20)(H,19,23);1H. The molecule has 1 aromatic rings. The Balaban J connectivity index is 0.00000529. The smallest absolute Gasteiger partial charge is 0.251 e. The third-order valence-corrected chi connectivity index (χ3v) is 3.54. The van der Waals surface area contributed by atoms with Crippen LogP contribution >= 0.6 is 24.0 Å². The van der Waals surface area contributed by atoms with Crippen LogP contribution in [0.25, 0.3) is 0 Å². The van der Waals surface area contributed by atoms with Crippen molar-refractivity contribution >= 4 is 35.8 Å². The molecule has 0 saturated carbocycles. The van der Waals surface area contributed by atoms with Crippen LogP contribution in [0.15, 0.2) is 29.3 Å². The fourth-order valence-corrected chi connectivity index (χ4v) is 2.13. The predicted molar refractivity (Wildman–Crippen MR) is 111 cm³/mol. The van der Waals surface area contributed by atoms with Gasteiger partial charge in [0.05, 0.1) is 6.54 Å². The van der Waals surface area contributed by atoms with Crippen molar-refractivity contribution in [2.24, 2.45) is 10.7 Å². The van der Waals surface area contributed by atoms with Crippen LogP contribution in [0.4, 0.5) is 0 Å². The zero-order chi connectivity index (χ0) is 17.2. The van der Waals surface area contributed by atoms with Gasteiger partial charge < -0.3 is 20.9 Å². The van der Waals surface area contributed by atoms with Gasteiger partial charge in [-0.15, -0.1) is 24.0 Å². The van der Waals surface area contributed by atoms with Crippen molar-refractivity contribution in [1.82, 2.24) is 15.1 Å². The van der Waals surface area contributed by atoms with Crippen LogP contribution in [0.5, 0.6) is 0 Å². The number of carbonyl (C=O) groups excluding carboxylic acids is 1. The Morgan fingerprint density at radius 1 is 1.25 bits per heavy atom. The SMILES string of the molecule is CCN(CC)C(N)=NCc1cccc(C(=O)NCCN(C)C)c1.I. The molecule has 1 aromatic carbocycles. The zero-order valence-electron chi connectivity index (χ0n) is 15.1. The van der Waals surface area contributed by atoms with Gasteiger partial charge in [-0.05, 0) is 45.6 Å². The number of hydrogen-bond acceptors (Lipinski definition) is 3. The summed E-state index contributed by atoms with van der Waals surface area (Å²) in [5, 5.41) is 2.91. The van der Waals surface area contributed by atoms with Crippen LogP contribution in [-0.4, -0.2) is 61.9 Å². The van der Waals surface area contributed by atoms with E-state index in [9.17, 15) is 4.79 Å². The molecule has 0 fully saturated rings. The van der Waals surface area contributed by atoms with Gasteiger partial charge in [-0.1, -0.05) is 12.1 Å². The minimum absolute atomic E-state index is 0. The minimum atomic E-state index is -0.0607. The van der Waals surface area contributed by atoms with Gasteiger partial charge in [-0.2, -0.15) is 0 Å². The monoisotopic (exact) mass is 447 g/mol. The summed E-state index contributed by atoms with van der Waals surface area (Å²) in [6, 6.07) is 7.50. The van der Waals surface area contributed by atoms with Crippen LogP contribution in [0.2, 0.25) is 0 Å². The quantitative estimate of drug-likeness (QED) is 0.362. The maximum absolute atomic E-state index is 12.1. The van der Waals surface area contributed by atoms with Crippen LogP contribution in [0.3, 0.4) is 0 Å². The van der Waals surface area contributed by atoms with Gasteiger partial charge >= 0.3 is 0 Å². The van der Waals surface area contributed by atoms with Crippen molar-refractivity contribution in [3.05, 3.63) is 35.4 Å². The molecular weight excluding hydrogens is 417 g/mol. The summed E-state index contributed by atoms with van der Waals surface area (Å²) in [5.74, 6) is 0.477. The number of halogens is 1. The number of hydrogen-bond donors (Lipinski definition) is 2. The van der Waals surface area contributed by atoms with E-state index < -0.39 is 0 Å². The Bertz CT molecular complexity index is 529. The summed E-state index contributed by atoms with van der Waals surface area (Å²) < 4.78 is 0. The fourth-order valence-electron chi connectivity index (χ4n) is 2.13. The van der Waals surface area contributed by atoms with Crippen LogP contribution in [0.1, 0.15) is 29.8 Å². The Labute approximate surface area is 162 Å². The highest BCUT2D eigenvalue weighted by molar-refractivity contribution is 14.0. The van der Waals surface area contributed by atoms with E-state index >= 15 is 0 Å². The highest BCUT2D eigenvalue weighted by Crippen LogP contribution is 2.07. The molecule has 0 aliphatic carbocycles. The largest absolute Gasteiger partial charge is 0.370 e. The number of aliphatic imine (C=N–C) groups is 1. The van der Waals surface area contributed by atoms with Gasteiger partial charge in [0.25, 0.3) is 5.91 Å². The number of nitrogens with zero attached hydrogens (tertiary/aromatic N) is 3. The highest BCUT2D eigenvalue weighted by Gasteiger charge is 2.06. The lowest BCUT2D eigenvalue weighted by Gasteiger charge is -2.19. The lowest BCUT2D eigenvalue weighted by atomic mass is 10.1. The van der Waals surface area contributed by atoms with E-state index in [1.54, 1.807) is 0 Å². The summed E-state index contributed by atoms with van der Waals surface area (Å²) in [6.45, 7) is 7.68. The molecule has 6 nitrogen and oxygen atoms in total. The summed E-state index contributed by atoms with van der Waals surface area (Å²) in [7, 11) is 3.95. The number of benzene rings is 1. The Morgan fingerprint density at radius 3 is 2.50 bits per heavy atom. The molecule has 3 N–H and O–H groups in total. The molecular formula is C17H30IN5O. The van der Waals surface area contributed by atoms with E-state index in [0.717, 1.165) is 25.2 Å². The van der Waals surface area contributed by atoms with Crippen molar-refractivity contribution in [1.29, 1.82) is 0 Å². The van der Waals surface area contributed by atoms with E-state index in [1.165, 1.54) is 0 Å². The summed E-state index contributed by atoms with van der Waals surface area (Å²) in [4.78, 5) is 20.6. The van der Waals surface area contributed by atoms with Crippen molar-refractivity contribution in [3.8, 4) is 0 Å². The molecule has 0 atom stereocenters. The van der Waals surface area contributed by atoms with Gasteiger partial charge in [0, 0.05) is 31.7 Å². The van der Waals surface area contributed by atoms with Gasteiger partial charge in [-0.25, -0.2) is 4.99 Å². The van der Waals surface area contributed by atoms with Gasteiger partial charge in [-0.3, -0.25) is 4.79 Å². The number of amides is 1. The van der Waals surface area contributed by atoms with Crippen molar-refractivity contribution in [3.63, 3.8) is 0 Å². The van der Waals surface area contributed by atoms with E-state index in [2.05, 4.69) is 10.3 Å². The van der Waals surface area contributed by atoms with E-state index in [-0.39, 0.29) is 29.9 Å². The molecule has 0 aliphatic heterocycles. The number of nitrogens with two attached hydrogens (primary N) is 1. The Hall–Kier alpha value is -1.35. The second kappa shape index (κ2) is 12.1. The lowest BCUT2D eigenvalue weighted by molar-refractivity contribution is 0.0951. The van der Waals surface area contributed by atoms with Crippen molar-refractivity contribution < 1.29 is 4.79 Å². The molecule has 0 saturated heterocycles. The second-order valence-electron chi connectivity index (χ2n) is 5.61. The second-order valence-corrected chi connectivity index (χ2v) is 5.61. The average Bonchev–Trinajstić information content (AvgIpc) is 2.54. The van der Waals surface area contributed by atoms with Crippen LogP contribution in [0, 0.1) is 0 Å². The number of carbonyl (C=O) groups is 1. The molecule has 0 aliphatic rings. The maximum atomic E-state index is 12.1. The number of likely N-dealkylation sites (N-methyl/N-ethyl adjacent to an activating group) is 1. The molecule has 0 radical (unpaired) electrons. The minimum Gasteiger partial charge on any atom is -0.370 e. The summed E-state index contributed by atoms with van der Waals surface area (Å²) >= 11 is 0. The van der Waals surface area contributed by atoms with Crippen molar-refractivity contribution in [2.45, 2.75) is 20.4 Å². The van der Waals surface area contributed by atoms with Crippen LogP contribution in [-0.2, 0) is 6.54 Å². The third kappa shape index (κ3) is 7.96. The average molecular weight is 447 g/mol. The molecule has 136 valence electrons. The predicted octanol–water partition coefficient (Wildman–Crippen LogP) is 1.75. The maximum Gasteiger partial charge on any atom is 0.251 e. The molecule has 0 heterocycles. The normalized spacial score (nSPS) is 11.1. The van der Waals surface area contributed by atoms with E-state index in [0.29, 0.717) is 24.6 Å². The molecule has 0 spiro atoms. The first-order chi connectivity index (χ1) is 11.0. The molecule has 7 heteroatoms. The Morgan fingerprint density at radius 2 is 1.92 bits per heavy atom. The lowest BCUT2D eigenvalue weighted by Crippen LogP contribution is -2.37. The highest BCUT2D eigenvalue weighted by atomic mass is 127.